The molecule has 1 aromatic carbocycles. The minimum absolute atomic E-state index is 0.131. The first-order valence-electron chi connectivity index (χ1n) is 8.50. The van der Waals surface area contributed by atoms with Gasteiger partial charge in [-0.25, -0.2) is 13.4 Å². The first kappa shape index (κ1) is 18.0. The van der Waals surface area contributed by atoms with Crippen molar-refractivity contribution < 1.29 is 8.42 Å². The summed E-state index contributed by atoms with van der Waals surface area (Å²) in [6.45, 7) is 3.19. The Morgan fingerprint density at radius 2 is 2.12 bits per heavy atom. The largest absolute Gasteiger partial charge is 0.354 e. The average Bonchev–Trinajstić information content (AvgIpc) is 2.62. The average molecular weight is 380 g/mol. The first-order valence-corrected chi connectivity index (χ1v) is 10.4. The summed E-state index contributed by atoms with van der Waals surface area (Å²) < 4.78 is 27.4. The number of anilines is 2. The summed E-state index contributed by atoms with van der Waals surface area (Å²) in [6.07, 6.45) is 6.26. The van der Waals surface area contributed by atoms with Crippen molar-refractivity contribution >= 4 is 33.1 Å². The van der Waals surface area contributed by atoms with Crippen LogP contribution in [0.1, 0.15) is 32.6 Å². The van der Waals surface area contributed by atoms with Crippen molar-refractivity contribution in [2.45, 2.75) is 43.5 Å². The molecule has 25 heavy (non-hydrogen) atoms. The molecule has 1 aliphatic rings. The van der Waals surface area contributed by atoms with Crippen LogP contribution in [-0.4, -0.2) is 26.0 Å². The molecule has 1 fully saturated rings. The fraction of sp³-hybridized carbons (Fsp3) is 0.389. The van der Waals surface area contributed by atoms with Crippen LogP contribution in [0.25, 0.3) is 0 Å². The van der Waals surface area contributed by atoms with Gasteiger partial charge in [-0.15, -0.1) is 0 Å². The third kappa shape index (κ3) is 4.25. The molecule has 0 radical (unpaired) electrons. The summed E-state index contributed by atoms with van der Waals surface area (Å²) in [5.74, 6) is 0.900. The molecule has 1 aliphatic heterocycles. The molecule has 1 atom stereocenters. The molecule has 0 bridgehead atoms. The van der Waals surface area contributed by atoms with Crippen LogP contribution in [0.5, 0.6) is 0 Å². The number of nitrogens with one attached hydrogen (secondary N) is 1. The Hall–Kier alpha value is -1.79. The Morgan fingerprint density at radius 3 is 2.80 bits per heavy atom. The van der Waals surface area contributed by atoms with E-state index in [1.165, 1.54) is 31.4 Å². The Bertz CT molecular complexity index is 824. The van der Waals surface area contributed by atoms with Crippen molar-refractivity contribution in [1.29, 1.82) is 0 Å². The van der Waals surface area contributed by atoms with Crippen molar-refractivity contribution in [2.24, 2.45) is 0 Å². The number of sulfonamides is 1. The molecule has 1 unspecified atom stereocenters. The van der Waals surface area contributed by atoms with Crippen LogP contribution < -0.4 is 9.62 Å². The van der Waals surface area contributed by atoms with E-state index in [2.05, 4.69) is 21.5 Å². The van der Waals surface area contributed by atoms with E-state index in [1.54, 1.807) is 24.4 Å². The van der Waals surface area contributed by atoms with Crippen LogP contribution in [0.3, 0.4) is 0 Å². The number of aromatic nitrogens is 1. The lowest BCUT2D eigenvalue weighted by atomic mass is 10.00. The predicted molar refractivity (Wildman–Crippen MR) is 102 cm³/mol. The zero-order valence-corrected chi connectivity index (χ0v) is 15.7. The number of pyridine rings is 1. The molecule has 0 spiro atoms. The molecular weight excluding hydrogens is 358 g/mol. The van der Waals surface area contributed by atoms with Crippen molar-refractivity contribution in [3.63, 3.8) is 0 Å². The van der Waals surface area contributed by atoms with Gasteiger partial charge in [0.25, 0.3) is 10.0 Å². The fourth-order valence-corrected chi connectivity index (χ4v) is 4.53. The lowest BCUT2D eigenvalue weighted by molar-refractivity contribution is 0.447. The number of benzene rings is 1. The zero-order chi connectivity index (χ0) is 17.9. The fourth-order valence-electron chi connectivity index (χ4n) is 3.19. The molecular formula is C18H22ClN3O2S. The molecule has 1 aromatic heterocycles. The Morgan fingerprint density at radius 1 is 1.28 bits per heavy atom. The minimum Gasteiger partial charge on any atom is -0.354 e. The maximum Gasteiger partial charge on any atom is 0.261 e. The van der Waals surface area contributed by atoms with Crippen molar-refractivity contribution in [2.75, 3.05) is 16.2 Å². The van der Waals surface area contributed by atoms with Gasteiger partial charge in [0.1, 0.15) is 5.82 Å². The van der Waals surface area contributed by atoms with Crippen LogP contribution in [0.2, 0.25) is 5.02 Å². The predicted octanol–water partition coefficient (Wildman–Crippen LogP) is 4.30. The second-order valence-corrected chi connectivity index (χ2v) is 8.34. The van der Waals surface area contributed by atoms with Crippen molar-refractivity contribution in [3.05, 3.63) is 47.6 Å². The summed E-state index contributed by atoms with van der Waals surface area (Å²) in [5, 5.41) is 0.382. The van der Waals surface area contributed by atoms with Crippen LogP contribution in [0, 0.1) is 0 Å². The molecule has 7 heteroatoms. The van der Waals surface area contributed by atoms with Crippen molar-refractivity contribution in [1.82, 2.24) is 4.98 Å². The monoisotopic (exact) mass is 379 g/mol. The lowest BCUT2D eigenvalue weighted by Gasteiger charge is -2.36. The molecule has 1 N–H and O–H groups in total. The summed E-state index contributed by atoms with van der Waals surface area (Å²) in [7, 11) is -3.68. The standard InChI is InChI=1S/C18H22ClN3O2S/c1-2-16-7-3-4-11-22(16)18-10-9-15(13-20-18)21-25(23,24)17-8-5-6-14(19)12-17/h5-6,8-10,12-13,16,21H,2-4,7,11H2,1H3. The minimum atomic E-state index is -3.68. The summed E-state index contributed by atoms with van der Waals surface area (Å²) >= 11 is 5.88. The van der Waals surface area contributed by atoms with E-state index in [1.807, 2.05) is 6.07 Å². The highest BCUT2D eigenvalue weighted by Gasteiger charge is 2.22. The summed E-state index contributed by atoms with van der Waals surface area (Å²) in [6, 6.07) is 10.3. The van der Waals surface area contributed by atoms with Gasteiger partial charge in [0.2, 0.25) is 0 Å². The maximum atomic E-state index is 12.4. The molecule has 134 valence electrons. The van der Waals surface area contributed by atoms with Crippen LogP contribution in [-0.2, 0) is 10.0 Å². The maximum absolute atomic E-state index is 12.4. The van der Waals surface area contributed by atoms with Crippen molar-refractivity contribution in [3.8, 4) is 0 Å². The Balaban J connectivity index is 1.76. The Labute approximate surface area is 154 Å². The number of hydrogen-bond donors (Lipinski definition) is 1. The number of piperidine rings is 1. The molecule has 2 aromatic rings. The summed E-state index contributed by atoms with van der Waals surface area (Å²) in [5.41, 5.74) is 0.439. The van der Waals surface area contributed by atoms with Crippen LogP contribution >= 0.6 is 11.6 Å². The van der Waals surface area contributed by atoms with Gasteiger partial charge >= 0.3 is 0 Å². The van der Waals surface area contributed by atoms with E-state index < -0.39 is 10.0 Å². The quantitative estimate of drug-likeness (QED) is 0.841. The van der Waals surface area contributed by atoms with Gasteiger partial charge in [0, 0.05) is 17.6 Å². The van der Waals surface area contributed by atoms with E-state index in [4.69, 9.17) is 11.6 Å². The second kappa shape index (κ2) is 7.62. The molecule has 0 aliphatic carbocycles. The Kier molecular flexibility index (Phi) is 5.49. The highest BCUT2D eigenvalue weighted by Crippen LogP contribution is 2.26. The topological polar surface area (TPSA) is 62.3 Å². The van der Waals surface area contributed by atoms with E-state index in [0.717, 1.165) is 18.8 Å². The van der Waals surface area contributed by atoms with Gasteiger partial charge < -0.3 is 4.90 Å². The number of rotatable bonds is 5. The molecule has 2 heterocycles. The van der Waals surface area contributed by atoms with E-state index >= 15 is 0 Å². The van der Waals surface area contributed by atoms with E-state index in [9.17, 15) is 8.42 Å². The van der Waals surface area contributed by atoms with E-state index in [-0.39, 0.29) is 4.90 Å². The highest BCUT2D eigenvalue weighted by molar-refractivity contribution is 7.92. The highest BCUT2D eigenvalue weighted by atomic mass is 35.5. The zero-order valence-electron chi connectivity index (χ0n) is 14.2. The first-order chi connectivity index (χ1) is 12.0. The number of hydrogen-bond acceptors (Lipinski definition) is 4. The van der Waals surface area contributed by atoms with Crippen LogP contribution in [0.15, 0.2) is 47.5 Å². The molecule has 1 saturated heterocycles. The lowest BCUT2D eigenvalue weighted by Crippen LogP contribution is -2.39. The molecule has 0 amide bonds. The number of halogens is 1. The normalized spacial score (nSPS) is 18.2. The SMILES string of the molecule is CCC1CCCCN1c1ccc(NS(=O)(=O)c2cccc(Cl)c2)cn1. The molecule has 5 nitrogen and oxygen atoms in total. The second-order valence-electron chi connectivity index (χ2n) is 6.22. The van der Waals surface area contributed by atoms with Gasteiger partial charge in [0.05, 0.1) is 16.8 Å². The van der Waals surface area contributed by atoms with Gasteiger partial charge in [-0.1, -0.05) is 24.6 Å². The van der Waals surface area contributed by atoms with Gasteiger partial charge in [-0.2, -0.15) is 0 Å². The summed E-state index contributed by atoms with van der Waals surface area (Å²) in [4.78, 5) is 6.92. The van der Waals surface area contributed by atoms with Crippen LogP contribution in [0.4, 0.5) is 11.5 Å². The molecule has 0 saturated carbocycles. The van der Waals surface area contributed by atoms with Gasteiger partial charge in [0.15, 0.2) is 0 Å². The third-order valence-corrected chi connectivity index (χ3v) is 6.11. The van der Waals surface area contributed by atoms with Gasteiger partial charge in [-0.05, 0) is 56.0 Å². The van der Waals surface area contributed by atoms with E-state index in [0.29, 0.717) is 16.8 Å². The number of nitrogens with zero attached hydrogens (tertiary/aromatic N) is 2. The molecule has 3 rings (SSSR count). The van der Waals surface area contributed by atoms with Gasteiger partial charge in [-0.3, -0.25) is 4.72 Å². The smallest absolute Gasteiger partial charge is 0.261 e. The third-order valence-electron chi connectivity index (χ3n) is 4.50.